The first-order valence-corrected chi connectivity index (χ1v) is 7.81. The van der Waals surface area contributed by atoms with E-state index in [1.165, 1.54) is 12.8 Å². The molecule has 0 spiro atoms. The summed E-state index contributed by atoms with van der Waals surface area (Å²) in [7, 11) is 0. The van der Waals surface area contributed by atoms with E-state index in [2.05, 4.69) is 21.2 Å². The third-order valence-corrected chi connectivity index (χ3v) is 4.40. The molecule has 0 bridgehead atoms. The highest BCUT2D eigenvalue weighted by molar-refractivity contribution is 9.10. The van der Waals surface area contributed by atoms with Crippen LogP contribution in [0.1, 0.15) is 43.1 Å². The number of hydrogen-bond donors (Lipinski definition) is 2. The Hall–Kier alpha value is -0.520. The SMILES string of the molecule is CCn1cc(Br)cc1C(=O)NC1CCCCC1CN.Cl. The smallest absolute Gasteiger partial charge is 0.268 e. The van der Waals surface area contributed by atoms with Gasteiger partial charge in [-0.2, -0.15) is 0 Å². The van der Waals surface area contributed by atoms with Gasteiger partial charge < -0.3 is 15.6 Å². The first kappa shape index (κ1) is 17.5. The molecular weight excluding hydrogens is 342 g/mol. The minimum atomic E-state index is 0. The number of rotatable bonds is 4. The molecule has 2 atom stereocenters. The Bertz CT molecular complexity index is 450. The number of aryl methyl sites for hydroxylation is 1. The van der Waals surface area contributed by atoms with E-state index in [9.17, 15) is 4.79 Å². The van der Waals surface area contributed by atoms with Gasteiger partial charge in [-0.1, -0.05) is 12.8 Å². The quantitative estimate of drug-likeness (QED) is 0.863. The van der Waals surface area contributed by atoms with Crippen molar-refractivity contribution in [1.29, 1.82) is 0 Å². The molecule has 0 aliphatic heterocycles. The van der Waals surface area contributed by atoms with Gasteiger partial charge in [-0.25, -0.2) is 0 Å². The van der Waals surface area contributed by atoms with Crippen LogP contribution in [0.2, 0.25) is 0 Å². The van der Waals surface area contributed by atoms with E-state index in [4.69, 9.17) is 5.73 Å². The molecule has 2 rings (SSSR count). The first-order valence-electron chi connectivity index (χ1n) is 7.02. The van der Waals surface area contributed by atoms with Gasteiger partial charge in [0.2, 0.25) is 0 Å². The molecule has 0 saturated heterocycles. The van der Waals surface area contributed by atoms with E-state index >= 15 is 0 Å². The van der Waals surface area contributed by atoms with Gasteiger partial charge in [-0.3, -0.25) is 4.79 Å². The van der Waals surface area contributed by atoms with Crippen molar-refractivity contribution in [2.45, 2.75) is 45.2 Å². The fourth-order valence-corrected chi connectivity index (χ4v) is 3.31. The van der Waals surface area contributed by atoms with Crippen molar-refractivity contribution in [3.05, 3.63) is 22.4 Å². The van der Waals surface area contributed by atoms with E-state index in [-0.39, 0.29) is 24.4 Å². The Balaban J connectivity index is 0.00000200. The van der Waals surface area contributed by atoms with Crippen LogP contribution in [-0.2, 0) is 6.54 Å². The predicted octanol–water partition coefficient (Wildman–Crippen LogP) is 2.94. The number of nitrogens with one attached hydrogen (secondary N) is 1. The monoisotopic (exact) mass is 363 g/mol. The molecule has 3 N–H and O–H groups in total. The molecule has 1 aromatic rings. The molecule has 2 unspecified atom stereocenters. The summed E-state index contributed by atoms with van der Waals surface area (Å²) >= 11 is 3.42. The van der Waals surface area contributed by atoms with Crippen molar-refractivity contribution >= 4 is 34.2 Å². The maximum atomic E-state index is 12.4. The summed E-state index contributed by atoms with van der Waals surface area (Å²) in [6, 6.07) is 2.10. The second-order valence-corrected chi connectivity index (χ2v) is 6.11. The fourth-order valence-electron chi connectivity index (χ4n) is 2.85. The maximum Gasteiger partial charge on any atom is 0.268 e. The number of carbonyl (C=O) groups excluding carboxylic acids is 1. The molecule has 20 heavy (non-hydrogen) atoms. The van der Waals surface area contributed by atoms with E-state index in [1.54, 1.807) is 0 Å². The largest absolute Gasteiger partial charge is 0.348 e. The van der Waals surface area contributed by atoms with Gasteiger partial charge in [0, 0.05) is 23.3 Å². The number of aromatic nitrogens is 1. The molecule has 0 aromatic carbocycles. The van der Waals surface area contributed by atoms with Gasteiger partial charge in [0.05, 0.1) is 0 Å². The molecule has 1 aromatic heterocycles. The molecule has 114 valence electrons. The lowest BCUT2D eigenvalue weighted by Gasteiger charge is -2.31. The van der Waals surface area contributed by atoms with Gasteiger partial charge in [0.15, 0.2) is 0 Å². The predicted molar refractivity (Wildman–Crippen MR) is 87.3 cm³/mol. The Morgan fingerprint density at radius 1 is 1.50 bits per heavy atom. The molecule has 1 heterocycles. The minimum Gasteiger partial charge on any atom is -0.348 e. The molecule has 1 amide bonds. The van der Waals surface area contributed by atoms with Gasteiger partial charge in [0.1, 0.15) is 5.69 Å². The van der Waals surface area contributed by atoms with Crippen LogP contribution in [0, 0.1) is 5.92 Å². The van der Waals surface area contributed by atoms with Crippen molar-refractivity contribution in [2.24, 2.45) is 11.7 Å². The lowest BCUT2D eigenvalue weighted by molar-refractivity contribution is 0.0898. The van der Waals surface area contributed by atoms with Gasteiger partial charge in [-0.05, 0) is 54.2 Å². The molecular formula is C14H23BrClN3O. The van der Waals surface area contributed by atoms with Crippen LogP contribution in [0.25, 0.3) is 0 Å². The molecule has 1 fully saturated rings. The third-order valence-electron chi connectivity index (χ3n) is 3.96. The van der Waals surface area contributed by atoms with Crippen LogP contribution in [0.5, 0.6) is 0 Å². The van der Waals surface area contributed by atoms with Crippen LogP contribution in [-0.4, -0.2) is 23.1 Å². The zero-order valence-corrected chi connectivity index (χ0v) is 14.2. The average molecular weight is 365 g/mol. The van der Waals surface area contributed by atoms with Gasteiger partial charge in [0.25, 0.3) is 5.91 Å². The van der Waals surface area contributed by atoms with Crippen LogP contribution in [0.4, 0.5) is 0 Å². The summed E-state index contributed by atoms with van der Waals surface area (Å²) < 4.78 is 2.90. The summed E-state index contributed by atoms with van der Waals surface area (Å²) in [5, 5.41) is 3.16. The highest BCUT2D eigenvalue weighted by Gasteiger charge is 2.26. The second kappa shape index (κ2) is 8.05. The Morgan fingerprint density at radius 2 is 2.20 bits per heavy atom. The molecule has 4 nitrogen and oxygen atoms in total. The van der Waals surface area contributed by atoms with Gasteiger partial charge in [-0.15, -0.1) is 12.4 Å². The highest BCUT2D eigenvalue weighted by atomic mass is 79.9. The number of nitrogens with two attached hydrogens (primary N) is 1. The van der Waals surface area contributed by atoms with Crippen LogP contribution >= 0.6 is 28.3 Å². The summed E-state index contributed by atoms with van der Waals surface area (Å²) in [5.41, 5.74) is 6.52. The topological polar surface area (TPSA) is 60.0 Å². The number of carbonyl (C=O) groups is 1. The van der Waals surface area contributed by atoms with Crippen LogP contribution < -0.4 is 11.1 Å². The third kappa shape index (κ3) is 3.99. The van der Waals surface area contributed by atoms with E-state index < -0.39 is 0 Å². The average Bonchev–Trinajstić information content (AvgIpc) is 2.80. The standard InChI is InChI=1S/C14H22BrN3O.ClH/c1-2-18-9-11(15)7-13(18)14(19)17-12-6-4-3-5-10(12)8-16;/h7,9-10,12H,2-6,8,16H2,1H3,(H,17,19);1H. The summed E-state index contributed by atoms with van der Waals surface area (Å²) in [5.74, 6) is 0.434. The van der Waals surface area contributed by atoms with Crippen molar-refractivity contribution < 1.29 is 4.79 Å². The van der Waals surface area contributed by atoms with Crippen molar-refractivity contribution in [3.8, 4) is 0 Å². The molecule has 0 radical (unpaired) electrons. The summed E-state index contributed by atoms with van der Waals surface area (Å²) in [6.07, 6.45) is 6.52. The minimum absolute atomic E-state index is 0. The van der Waals surface area contributed by atoms with Crippen molar-refractivity contribution in [2.75, 3.05) is 6.54 Å². The number of nitrogens with zero attached hydrogens (tertiary/aromatic N) is 1. The normalized spacial score (nSPS) is 22.1. The summed E-state index contributed by atoms with van der Waals surface area (Å²) in [6.45, 7) is 3.48. The molecule has 6 heteroatoms. The number of halogens is 2. The van der Waals surface area contributed by atoms with Crippen LogP contribution in [0.15, 0.2) is 16.7 Å². The van der Waals surface area contributed by atoms with Crippen LogP contribution in [0.3, 0.4) is 0 Å². The molecule has 1 aliphatic rings. The Morgan fingerprint density at radius 3 is 2.85 bits per heavy atom. The summed E-state index contributed by atoms with van der Waals surface area (Å²) in [4.78, 5) is 12.4. The number of hydrogen-bond acceptors (Lipinski definition) is 2. The number of amides is 1. The molecule has 1 saturated carbocycles. The van der Waals surface area contributed by atoms with E-state index in [0.717, 1.165) is 29.6 Å². The second-order valence-electron chi connectivity index (χ2n) is 5.19. The van der Waals surface area contributed by atoms with E-state index in [0.29, 0.717) is 12.5 Å². The zero-order chi connectivity index (χ0) is 13.8. The lowest BCUT2D eigenvalue weighted by Crippen LogP contribution is -2.45. The van der Waals surface area contributed by atoms with Crippen molar-refractivity contribution in [1.82, 2.24) is 9.88 Å². The zero-order valence-electron chi connectivity index (χ0n) is 11.8. The molecule has 1 aliphatic carbocycles. The van der Waals surface area contributed by atoms with E-state index in [1.807, 2.05) is 23.8 Å². The highest BCUT2D eigenvalue weighted by Crippen LogP contribution is 2.24. The van der Waals surface area contributed by atoms with Gasteiger partial charge >= 0.3 is 0 Å². The Labute approximate surface area is 135 Å². The Kier molecular flexibility index (Phi) is 7.06. The maximum absolute atomic E-state index is 12.4. The lowest BCUT2D eigenvalue weighted by atomic mass is 9.84. The van der Waals surface area contributed by atoms with Crippen molar-refractivity contribution in [3.63, 3.8) is 0 Å². The fraction of sp³-hybridized carbons (Fsp3) is 0.643. The first-order chi connectivity index (χ1) is 9.15.